The molecule has 1 saturated heterocycles. The summed E-state index contributed by atoms with van der Waals surface area (Å²) in [6, 6.07) is 3.79. The van der Waals surface area contributed by atoms with E-state index in [2.05, 4.69) is 4.98 Å². The number of amides is 1. The first-order valence-electron chi connectivity index (χ1n) is 7.49. The number of carbonyl (C=O) groups is 1. The van der Waals surface area contributed by atoms with Crippen LogP contribution in [0.4, 0.5) is 4.79 Å². The number of rotatable bonds is 2. The van der Waals surface area contributed by atoms with Gasteiger partial charge in [0.2, 0.25) is 0 Å². The van der Waals surface area contributed by atoms with Crippen LogP contribution in [0.2, 0.25) is 5.15 Å². The average molecular weight is 327 g/mol. The summed E-state index contributed by atoms with van der Waals surface area (Å²) in [6.45, 7) is 7.95. The third-order valence-corrected chi connectivity index (χ3v) is 3.51. The zero-order valence-corrected chi connectivity index (χ0v) is 14.1. The minimum absolute atomic E-state index is 0.216. The van der Waals surface area contributed by atoms with Gasteiger partial charge in [0.1, 0.15) is 10.8 Å². The van der Waals surface area contributed by atoms with Gasteiger partial charge in [0.15, 0.2) is 0 Å². The first-order valence-corrected chi connectivity index (χ1v) is 7.87. The summed E-state index contributed by atoms with van der Waals surface area (Å²) in [6.07, 6.45) is 2.21. The summed E-state index contributed by atoms with van der Waals surface area (Å²) in [5.74, 6) is 0.216. The standard InChI is InChI=1S/C16H23ClN2O3/c1-16(2,3)22-15(20)19-6-7-21-11-13(10-19)8-12-4-5-18-14(17)9-12/h4-5,9,13H,6-8,10-11H2,1-3H3. The smallest absolute Gasteiger partial charge is 0.410 e. The molecule has 0 saturated carbocycles. The van der Waals surface area contributed by atoms with Gasteiger partial charge < -0.3 is 14.4 Å². The Labute approximate surface area is 136 Å². The number of carbonyl (C=O) groups excluding carboxylic acids is 1. The van der Waals surface area contributed by atoms with Crippen LogP contribution in [0.1, 0.15) is 26.3 Å². The lowest BCUT2D eigenvalue weighted by molar-refractivity contribution is 0.0233. The molecule has 2 heterocycles. The summed E-state index contributed by atoms with van der Waals surface area (Å²) in [5.41, 5.74) is 0.609. The number of hydrogen-bond acceptors (Lipinski definition) is 4. The van der Waals surface area contributed by atoms with Gasteiger partial charge >= 0.3 is 6.09 Å². The van der Waals surface area contributed by atoms with E-state index in [-0.39, 0.29) is 12.0 Å². The van der Waals surface area contributed by atoms with E-state index in [1.165, 1.54) is 0 Å². The van der Waals surface area contributed by atoms with Gasteiger partial charge in [0, 0.05) is 25.2 Å². The molecule has 22 heavy (non-hydrogen) atoms. The highest BCUT2D eigenvalue weighted by atomic mass is 35.5. The highest BCUT2D eigenvalue weighted by Gasteiger charge is 2.26. The fraction of sp³-hybridized carbons (Fsp3) is 0.625. The molecule has 2 rings (SSSR count). The fourth-order valence-corrected chi connectivity index (χ4v) is 2.60. The minimum Gasteiger partial charge on any atom is -0.444 e. The van der Waals surface area contributed by atoms with Crippen molar-refractivity contribution in [3.8, 4) is 0 Å². The number of pyridine rings is 1. The minimum atomic E-state index is -0.488. The number of aromatic nitrogens is 1. The first kappa shape index (κ1) is 17.0. The van der Waals surface area contributed by atoms with Crippen molar-refractivity contribution in [1.29, 1.82) is 0 Å². The van der Waals surface area contributed by atoms with Gasteiger partial charge in [-0.25, -0.2) is 9.78 Å². The lowest BCUT2D eigenvalue weighted by Gasteiger charge is -2.27. The van der Waals surface area contributed by atoms with Crippen LogP contribution in [-0.4, -0.2) is 47.9 Å². The summed E-state index contributed by atoms with van der Waals surface area (Å²) in [7, 11) is 0. The molecule has 0 spiro atoms. The molecular formula is C16H23ClN2O3. The van der Waals surface area contributed by atoms with Crippen LogP contribution in [0.3, 0.4) is 0 Å². The largest absolute Gasteiger partial charge is 0.444 e. The van der Waals surface area contributed by atoms with Crippen molar-refractivity contribution >= 4 is 17.7 Å². The molecule has 0 bridgehead atoms. The SMILES string of the molecule is CC(C)(C)OC(=O)N1CCOCC(Cc2ccnc(Cl)c2)C1. The van der Waals surface area contributed by atoms with Crippen LogP contribution < -0.4 is 0 Å². The third kappa shape index (κ3) is 5.46. The molecule has 1 unspecified atom stereocenters. The number of hydrogen-bond donors (Lipinski definition) is 0. The second-order valence-corrected chi connectivity index (χ2v) is 6.95. The Morgan fingerprint density at radius 2 is 2.32 bits per heavy atom. The van der Waals surface area contributed by atoms with Crippen LogP contribution in [0.25, 0.3) is 0 Å². The molecule has 1 fully saturated rings. The van der Waals surface area contributed by atoms with Crippen molar-refractivity contribution in [1.82, 2.24) is 9.88 Å². The zero-order chi connectivity index (χ0) is 16.2. The molecule has 0 aliphatic carbocycles. The van der Waals surface area contributed by atoms with Gasteiger partial charge in [-0.15, -0.1) is 0 Å². The second kappa shape index (κ2) is 7.29. The quantitative estimate of drug-likeness (QED) is 0.783. The number of ether oxygens (including phenoxy) is 2. The first-order chi connectivity index (χ1) is 10.3. The molecule has 1 aromatic rings. The van der Waals surface area contributed by atoms with Crippen molar-refractivity contribution in [2.45, 2.75) is 32.8 Å². The molecule has 5 nitrogen and oxygen atoms in total. The zero-order valence-electron chi connectivity index (χ0n) is 13.3. The van der Waals surface area contributed by atoms with E-state index in [1.807, 2.05) is 32.9 Å². The second-order valence-electron chi connectivity index (χ2n) is 6.56. The molecule has 0 radical (unpaired) electrons. The molecule has 0 N–H and O–H groups in total. The Bertz CT molecular complexity index is 516. The number of nitrogens with zero attached hydrogens (tertiary/aromatic N) is 2. The van der Waals surface area contributed by atoms with E-state index in [1.54, 1.807) is 11.1 Å². The summed E-state index contributed by atoms with van der Waals surface area (Å²) >= 11 is 5.92. The summed E-state index contributed by atoms with van der Waals surface area (Å²) in [5, 5.41) is 0.482. The van der Waals surface area contributed by atoms with Crippen molar-refractivity contribution < 1.29 is 14.3 Å². The van der Waals surface area contributed by atoms with E-state index in [9.17, 15) is 4.79 Å². The van der Waals surface area contributed by atoms with E-state index in [4.69, 9.17) is 21.1 Å². The lowest BCUT2D eigenvalue weighted by Crippen LogP contribution is -2.40. The Balaban J connectivity index is 1.99. The van der Waals surface area contributed by atoms with Gasteiger partial charge in [0.05, 0.1) is 13.2 Å². The number of halogens is 1. The van der Waals surface area contributed by atoms with Crippen LogP contribution in [0, 0.1) is 5.92 Å². The predicted octanol–water partition coefficient (Wildman–Crippen LogP) is 3.16. The molecule has 1 aromatic heterocycles. The van der Waals surface area contributed by atoms with E-state index in [0.717, 1.165) is 12.0 Å². The topological polar surface area (TPSA) is 51.7 Å². The average Bonchev–Trinajstić information content (AvgIpc) is 2.62. The third-order valence-electron chi connectivity index (χ3n) is 3.30. The highest BCUT2D eigenvalue weighted by Crippen LogP contribution is 2.18. The maximum atomic E-state index is 12.2. The van der Waals surface area contributed by atoms with Gasteiger partial charge in [-0.2, -0.15) is 0 Å². The Hall–Kier alpha value is -1.33. The molecule has 1 atom stereocenters. The molecule has 1 amide bonds. The fourth-order valence-electron chi connectivity index (χ4n) is 2.40. The molecule has 1 aliphatic heterocycles. The van der Waals surface area contributed by atoms with Crippen molar-refractivity contribution in [3.63, 3.8) is 0 Å². The van der Waals surface area contributed by atoms with Crippen LogP contribution in [0.15, 0.2) is 18.3 Å². The van der Waals surface area contributed by atoms with E-state index in [0.29, 0.717) is 31.5 Å². The monoisotopic (exact) mass is 326 g/mol. The summed E-state index contributed by atoms with van der Waals surface area (Å²) in [4.78, 5) is 17.9. The lowest BCUT2D eigenvalue weighted by atomic mass is 10.0. The van der Waals surface area contributed by atoms with Crippen molar-refractivity contribution in [2.24, 2.45) is 5.92 Å². The van der Waals surface area contributed by atoms with Gasteiger partial charge in [-0.05, 0) is 44.9 Å². The van der Waals surface area contributed by atoms with Gasteiger partial charge in [-0.1, -0.05) is 11.6 Å². The highest BCUT2D eigenvalue weighted by molar-refractivity contribution is 6.29. The Morgan fingerprint density at radius 3 is 3.00 bits per heavy atom. The van der Waals surface area contributed by atoms with E-state index < -0.39 is 5.60 Å². The van der Waals surface area contributed by atoms with Crippen molar-refractivity contribution in [3.05, 3.63) is 29.0 Å². The van der Waals surface area contributed by atoms with Gasteiger partial charge in [-0.3, -0.25) is 0 Å². The van der Waals surface area contributed by atoms with Crippen LogP contribution >= 0.6 is 11.6 Å². The maximum absolute atomic E-state index is 12.2. The summed E-state index contributed by atoms with van der Waals surface area (Å²) < 4.78 is 11.1. The van der Waals surface area contributed by atoms with E-state index >= 15 is 0 Å². The molecule has 1 aliphatic rings. The van der Waals surface area contributed by atoms with Crippen LogP contribution in [0.5, 0.6) is 0 Å². The van der Waals surface area contributed by atoms with Crippen LogP contribution in [-0.2, 0) is 15.9 Å². The molecule has 6 heteroatoms. The Kier molecular flexibility index (Phi) is 5.64. The predicted molar refractivity (Wildman–Crippen MR) is 85.1 cm³/mol. The van der Waals surface area contributed by atoms with Crippen molar-refractivity contribution in [2.75, 3.05) is 26.3 Å². The van der Waals surface area contributed by atoms with Gasteiger partial charge in [0.25, 0.3) is 0 Å². The Morgan fingerprint density at radius 1 is 1.55 bits per heavy atom. The molecule has 122 valence electrons. The normalized spacial score (nSPS) is 19.6. The maximum Gasteiger partial charge on any atom is 0.410 e. The molecular weight excluding hydrogens is 304 g/mol. The molecule has 0 aromatic carbocycles.